The molecule has 0 aromatic carbocycles. The van der Waals surface area contributed by atoms with E-state index in [1.165, 1.54) is 0 Å². The quantitative estimate of drug-likeness (QED) is 0.703. The molecule has 1 rings (SSSR count). The van der Waals surface area contributed by atoms with Gasteiger partial charge in [-0.25, -0.2) is 8.42 Å². The minimum absolute atomic E-state index is 0.103. The smallest absolute Gasteiger partial charge is 0.325 e. The van der Waals surface area contributed by atoms with Crippen molar-refractivity contribution >= 4 is 21.7 Å². The first-order valence-corrected chi connectivity index (χ1v) is 8.70. The van der Waals surface area contributed by atoms with E-state index in [4.69, 9.17) is 4.74 Å². The molecule has 0 aromatic rings. The van der Waals surface area contributed by atoms with E-state index in [0.717, 1.165) is 12.8 Å². The Hall–Kier alpha value is -1.11. The van der Waals surface area contributed by atoms with Crippen molar-refractivity contribution in [1.29, 1.82) is 0 Å². The highest BCUT2D eigenvalue weighted by Gasteiger charge is 2.28. The molecular formula is C13H23NO5S. The molecule has 0 unspecified atom stereocenters. The molecule has 1 aliphatic rings. The maximum absolute atomic E-state index is 11.9. The van der Waals surface area contributed by atoms with Gasteiger partial charge in [-0.3, -0.25) is 9.59 Å². The average Bonchev–Trinajstić information content (AvgIpc) is 2.87. The van der Waals surface area contributed by atoms with E-state index in [1.807, 2.05) is 0 Å². The number of hydrogen-bond donors (Lipinski definition) is 1. The molecule has 0 atom stereocenters. The van der Waals surface area contributed by atoms with Crippen molar-refractivity contribution in [1.82, 2.24) is 5.32 Å². The van der Waals surface area contributed by atoms with Gasteiger partial charge in [-0.15, -0.1) is 0 Å². The van der Waals surface area contributed by atoms with Crippen molar-refractivity contribution in [3.63, 3.8) is 0 Å². The second kappa shape index (κ2) is 7.61. The first-order chi connectivity index (χ1) is 9.31. The van der Waals surface area contributed by atoms with Crippen LogP contribution in [0.1, 0.15) is 46.0 Å². The molecule has 7 heteroatoms. The summed E-state index contributed by atoms with van der Waals surface area (Å²) in [7, 11) is -3.19. The highest BCUT2D eigenvalue weighted by atomic mass is 32.2. The average molecular weight is 305 g/mol. The Bertz CT molecular complexity index is 438. The van der Waals surface area contributed by atoms with Crippen molar-refractivity contribution in [2.75, 3.05) is 12.3 Å². The zero-order chi connectivity index (χ0) is 15.2. The molecule has 0 heterocycles. The van der Waals surface area contributed by atoms with E-state index in [9.17, 15) is 18.0 Å². The molecule has 0 bridgehead atoms. The monoisotopic (exact) mass is 305 g/mol. The second-order valence-corrected chi connectivity index (χ2v) is 7.74. The van der Waals surface area contributed by atoms with Gasteiger partial charge in [0, 0.05) is 6.42 Å². The van der Waals surface area contributed by atoms with Crippen LogP contribution in [0.25, 0.3) is 0 Å². The Labute approximate surface area is 120 Å². The van der Waals surface area contributed by atoms with Crippen LogP contribution in [0.15, 0.2) is 0 Å². The number of nitrogens with one attached hydrogen (secondary N) is 1. The van der Waals surface area contributed by atoms with Gasteiger partial charge in [0.05, 0.1) is 17.1 Å². The van der Waals surface area contributed by atoms with Gasteiger partial charge in [0.25, 0.3) is 0 Å². The largest absolute Gasteiger partial charge is 0.462 e. The predicted octanol–water partition coefficient (Wildman–Crippen LogP) is 0.802. The number of sulfone groups is 1. The highest BCUT2D eigenvalue weighted by molar-refractivity contribution is 7.92. The van der Waals surface area contributed by atoms with E-state index in [0.29, 0.717) is 12.8 Å². The number of carbonyl (C=O) groups is 2. The molecular weight excluding hydrogens is 282 g/mol. The lowest BCUT2D eigenvalue weighted by Crippen LogP contribution is -2.33. The lowest BCUT2D eigenvalue weighted by Gasteiger charge is -2.11. The van der Waals surface area contributed by atoms with Crippen molar-refractivity contribution < 1.29 is 22.7 Å². The highest BCUT2D eigenvalue weighted by Crippen LogP contribution is 2.25. The summed E-state index contributed by atoms with van der Waals surface area (Å²) in [5.41, 5.74) is 0. The predicted molar refractivity (Wildman–Crippen MR) is 74.9 cm³/mol. The molecule has 0 radical (unpaired) electrons. The van der Waals surface area contributed by atoms with Crippen LogP contribution in [-0.4, -0.2) is 43.9 Å². The van der Waals surface area contributed by atoms with Crippen LogP contribution in [0.5, 0.6) is 0 Å². The van der Waals surface area contributed by atoms with Crippen LogP contribution in [0.2, 0.25) is 0 Å². The Morgan fingerprint density at radius 2 is 1.85 bits per heavy atom. The van der Waals surface area contributed by atoms with Gasteiger partial charge in [0.15, 0.2) is 9.84 Å². The minimum atomic E-state index is -3.19. The SMILES string of the molecule is CC(C)OC(=O)CNC(=O)CCS(=O)(=O)C1CCCC1. The third-order valence-corrected chi connectivity index (χ3v) is 5.48. The minimum Gasteiger partial charge on any atom is -0.462 e. The van der Waals surface area contributed by atoms with Crippen molar-refractivity contribution in [2.45, 2.75) is 57.3 Å². The molecule has 6 nitrogen and oxygen atoms in total. The topological polar surface area (TPSA) is 89.5 Å². The van der Waals surface area contributed by atoms with E-state index >= 15 is 0 Å². The van der Waals surface area contributed by atoms with Crippen LogP contribution < -0.4 is 5.32 Å². The molecule has 1 saturated carbocycles. The van der Waals surface area contributed by atoms with Gasteiger partial charge in [-0.1, -0.05) is 12.8 Å². The lowest BCUT2D eigenvalue weighted by molar-refractivity contribution is -0.147. The molecule has 20 heavy (non-hydrogen) atoms. The van der Waals surface area contributed by atoms with Gasteiger partial charge in [-0.05, 0) is 26.7 Å². The van der Waals surface area contributed by atoms with Crippen molar-refractivity contribution in [2.24, 2.45) is 0 Å². The summed E-state index contributed by atoms with van der Waals surface area (Å²) in [5, 5.41) is 2.08. The van der Waals surface area contributed by atoms with Gasteiger partial charge < -0.3 is 10.1 Å². The maximum atomic E-state index is 11.9. The summed E-state index contributed by atoms with van der Waals surface area (Å²) in [4.78, 5) is 22.7. The fourth-order valence-electron chi connectivity index (χ4n) is 2.21. The molecule has 0 saturated heterocycles. The molecule has 0 spiro atoms. The van der Waals surface area contributed by atoms with Gasteiger partial charge >= 0.3 is 5.97 Å². The van der Waals surface area contributed by atoms with E-state index in [-0.39, 0.29) is 30.1 Å². The van der Waals surface area contributed by atoms with Crippen molar-refractivity contribution in [3.8, 4) is 0 Å². The van der Waals surface area contributed by atoms with Gasteiger partial charge in [0.2, 0.25) is 5.91 Å². The Morgan fingerprint density at radius 3 is 2.40 bits per heavy atom. The summed E-state index contributed by atoms with van der Waals surface area (Å²) in [5.74, 6) is -1.11. The Balaban J connectivity index is 2.27. The normalized spacial score (nSPS) is 16.4. The lowest BCUT2D eigenvalue weighted by atomic mass is 10.4. The van der Waals surface area contributed by atoms with Gasteiger partial charge in [0.1, 0.15) is 6.54 Å². The van der Waals surface area contributed by atoms with E-state index < -0.39 is 21.7 Å². The van der Waals surface area contributed by atoms with E-state index in [1.54, 1.807) is 13.8 Å². The fourth-order valence-corrected chi connectivity index (χ4v) is 4.07. The molecule has 0 aliphatic heterocycles. The second-order valence-electron chi connectivity index (χ2n) is 5.34. The third kappa shape index (κ3) is 5.90. The molecule has 1 aliphatic carbocycles. The van der Waals surface area contributed by atoms with Crippen molar-refractivity contribution in [3.05, 3.63) is 0 Å². The third-order valence-electron chi connectivity index (χ3n) is 3.22. The summed E-state index contributed by atoms with van der Waals surface area (Å²) in [6.45, 7) is 3.21. The summed E-state index contributed by atoms with van der Waals surface area (Å²) in [6.07, 6.45) is 2.94. The standard InChI is InChI=1S/C13H23NO5S/c1-10(2)19-13(16)9-14-12(15)7-8-20(17,18)11-5-3-4-6-11/h10-11H,3-9H2,1-2H3,(H,14,15). The van der Waals surface area contributed by atoms with Crippen LogP contribution in [-0.2, 0) is 24.2 Å². The number of hydrogen-bond acceptors (Lipinski definition) is 5. The molecule has 0 aromatic heterocycles. The van der Waals surface area contributed by atoms with Crippen LogP contribution in [0, 0.1) is 0 Å². The first-order valence-electron chi connectivity index (χ1n) is 6.99. The molecule has 1 N–H and O–H groups in total. The zero-order valence-corrected chi connectivity index (χ0v) is 12.9. The molecule has 1 amide bonds. The Kier molecular flexibility index (Phi) is 6.45. The van der Waals surface area contributed by atoms with E-state index in [2.05, 4.69) is 5.32 Å². The van der Waals surface area contributed by atoms with Crippen LogP contribution in [0.4, 0.5) is 0 Å². The summed E-state index contributed by atoms with van der Waals surface area (Å²) < 4.78 is 28.8. The molecule has 1 fully saturated rings. The number of amides is 1. The summed E-state index contributed by atoms with van der Waals surface area (Å²) in [6, 6.07) is 0. The first kappa shape index (κ1) is 16.9. The number of ether oxygens (including phenoxy) is 1. The number of carbonyl (C=O) groups excluding carboxylic acids is 2. The summed E-state index contributed by atoms with van der Waals surface area (Å²) >= 11 is 0. The maximum Gasteiger partial charge on any atom is 0.325 e. The molecule has 116 valence electrons. The fraction of sp³-hybridized carbons (Fsp3) is 0.846. The van der Waals surface area contributed by atoms with Crippen LogP contribution >= 0.6 is 0 Å². The Morgan fingerprint density at radius 1 is 1.25 bits per heavy atom. The van der Waals surface area contributed by atoms with Crippen LogP contribution in [0.3, 0.4) is 0 Å². The van der Waals surface area contributed by atoms with Gasteiger partial charge in [-0.2, -0.15) is 0 Å². The number of esters is 1. The number of rotatable bonds is 7. The zero-order valence-electron chi connectivity index (χ0n) is 12.1.